The number of thioether (sulfide) groups is 1. The van der Waals surface area contributed by atoms with Gasteiger partial charge in [-0.15, -0.1) is 23.1 Å². The van der Waals surface area contributed by atoms with E-state index in [0.29, 0.717) is 4.88 Å². The number of hydrogen-bond acceptors (Lipinski definition) is 5. The first kappa shape index (κ1) is 14.6. The molecule has 0 aliphatic rings. The van der Waals surface area contributed by atoms with Crippen molar-refractivity contribution in [2.24, 2.45) is 0 Å². The molecule has 1 aromatic heterocycles. The highest BCUT2D eigenvalue weighted by Crippen LogP contribution is 2.28. The van der Waals surface area contributed by atoms with Crippen LogP contribution in [-0.4, -0.2) is 18.1 Å². The molecule has 6 heteroatoms. The molecule has 1 aromatic carbocycles. The number of esters is 1. The molecule has 0 radical (unpaired) electrons. The molecule has 0 aliphatic heterocycles. The second-order valence-corrected chi connectivity index (χ2v) is 6.80. The summed E-state index contributed by atoms with van der Waals surface area (Å²) in [5.41, 5.74) is 0.739. The van der Waals surface area contributed by atoms with E-state index in [0.717, 1.165) is 20.9 Å². The smallest absolute Gasteiger partial charge is 0.349 e. The van der Waals surface area contributed by atoms with Crippen LogP contribution in [0.1, 0.15) is 20.4 Å². The fraction of sp³-hybridized carbons (Fsp3) is 0.231. The second kappa shape index (κ2) is 6.54. The quantitative estimate of drug-likeness (QED) is 0.604. The van der Waals surface area contributed by atoms with E-state index in [4.69, 9.17) is 4.74 Å². The molecule has 0 amide bonds. The summed E-state index contributed by atoms with van der Waals surface area (Å²) >= 11 is 6.50. The number of methoxy groups -OCH3 is 1. The number of carbonyl (C=O) groups is 1. The van der Waals surface area contributed by atoms with Crippen molar-refractivity contribution in [1.82, 2.24) is 4.98 Å². The minimum atomic E-state index is -0.310. The molecule has 1 heterocycles. The summed E-state index contributed by atoms with van der Waals surface area (Å²) in [4.78, 5) is 17.7. The lowest BCUT2D eigenvalue weighted by Gasteiger charge is -1.98. The van der Waals surface area contributed by atoms with Crippen LogP contribution in [0.25, 0.3) is 0 Å². The van der Waals surface area contributed by atoms with Crippen molar-refractivity contribution in [2.45, 2.75) is 17.6 Å². The van der Waals surface area contributed by atoms with Gasteiger partial charge in [0, 0.05) is 9.37 Å². The summed E-state index contributed by atoms with van der Waals surface area (Å²) in [6.45, 7) is 1.83. The Hall–Kier alpha value is -0.850. The van der Waals surface area contributed by atoms with Crippen LogP contribution < -0.4 is 0 Å². The first-order chi connectivity index (χ1) is 9.10. The van der Waals surface area contributed by atoms with E-state index < -0.39 is 0 Å². The summed E-state index contributed by atoms with van der Waals surface area (Å²) in [5.74, 6) is 0.444. The van der Waals surface area contributed by atoms with Gasteiger partial charge >= 0.3 is 5.97 Å². The van der Waals surface area contributed by atoms with Gasteiger partial charge in [0.1, 0.15) is 9.88 Å². The van der Waals surface area contributed by atoms with Gasteiger partial charge in [0.15, 0.2) is 0 Å². The van der Waals surface area contributed by atoms with E-state index >= 15 is 0 Å². The Kier molecular flexibility index (Phi) is 5.01. The molecule has 0 spiro atoms. The largest absolute Gasteiger partial charge is 0.465 e. The van der Waals surface area contributed by atoms with E-state index in [9.17, 15) is 4.79 Å². The Morgan fingerprint density at radius 1 is 1.42 bits per heavy atom. The van der Waals surface area contributed by atoms with Crippen molar-refractivity contribution < 1.29 is 9.53 Å². The maximum atomic E-state index is 11.5. The van der Waals surface area contributed by atoms with Gasteiger partial charge in [-0.05, 0) is 31.2 Å². The number of halogens is 1. The van der Waals surface area contributed by atoms with E-state index in [-0.39, 0.29) is 5.97 Å². The third-order valence-electron chi connectivity index (χ3n) is 2.39. The van der Waals surface area contributed by atoms with Crippen LogP contribution in [0.5, 0.6) is 0 Å². The molecule has 0 aliphatic carbocycles. The number of benzene rings is 1. The summed E-state index contributed by atoms with van der Waals surface area (Å²) in [5, 5.41) is 0.936. The molecule has 0 fully saturated rings. The maximum absolute atomic E-state index is 11.5. The minimum Gasteiger partial charge on any atom is -0.465 e. The molecule has 2 aromatic rings. The Morgan fingerprint density at radius 3 is 2.74 bits per heavy atom. The average Bonchev–Trinajstić information content (AvgIpc) is 2.78. The maximum Gasteiger partial charge on any atom is 0.349 e. The van der Waals surface area contributed by atoms with Gasteiger partial charge in [-0.1, -0.05) is 15.9 Å². The zero-order valence-electron chi connectivity index (χ0n) is 10.5. The molecule has 2 rings (SSSR count). The Morgan fingerprint density at radius 2 is 2.11 bits per heavy atom. The Labute approximate surface area is 128 Å². The van der Waals surface area contributed by atoms with E-state index in [1.807, 2.05) is 19.1 Å². The molecule has 0 atom stereocenters. The molecule has 0 unspecified atom stereocenters. The van der Waals surface area contributed by atoms with Crippen molar-refractivity contribution in [3.05, 3.63) is 44.3 Å². The molecule has 0 N–H and O–H groups in total. The molecule has 19 heavy (non-hydrogen) atoms. The van der Waals surface area contributed by atoms with Crippen LogP contribution in [0.2, 0.25) is 0 Å². The predicted molar refractivity (Wildman–Crippen MR) is 81.9 cm³/mol. The fourth-order valence-electron chi connectivity index (χ4n) is 1.47. The number of rotatable bonds is 4. The van der Waals surface area contributed by atoms with Crippen LogP contribution >= 0.6 is 39.0 Å². The van der Waals surface area contributed by atoms with Crippen molar-refractivity contribution in [2.75, 3.05) is 7.11 Å². The van der Waals surface area contributed by atoms with Crippen molar-refractivity contribution >= 4 is 45.0 Å². The van der Waals surface area contributed by atoms with Gasteiger partial charge in [0.25, 0.3) is 0 Å². The number of thiazole rings is 1. The number of aryl methyl sites for hydroxylation is 1. The third-order valence-corrected chi connectivity index (χ3v) is 5.26. The number of hydrogen-bond donors (Lipinski definition) is 0. The van der Waals surface area contributed by atoms with Crippen LogP contribution in [0.3, 0.4) is 0 Å². The summed E-state index contributed by atoms with van der Waals surface area (Å²) < 4.78 is 5.79. The SMILES string of the molecule is COC(=O)c1sc(CSc2ccc(Br)cc2)nc1C. The standard InChI is InChI=1S/C13H12BrNO2S2/c1-8-12(13(16)17-2)19-11(15-8)7-18-10-5-3-9(14)4-6-10/h3-6H,7H2,1-2H3. The lowest BCUT2D eigenvalue weighted by molar-refractivity contribution is 0.0605. The zero-order valence-corrected chi connectivity index (χ0v) is 13.7. The number of nitrogens with zero attached hydrogens (tertiary/aromatic N) is 1. The van der Waals surface area contributed by atoms with Gasteiger partial charge in [0.2, 0.25) is 0 Å². The second-order valence-electron chi connectivity index (χ2n) is 3.76. The Balaban J connectivity index is 2.04. The van der Waals surface area contributed by atoms with Crippen LogP contribution in [-0.2, 0) is 10.5 Å². The molecule has 0 saturated heterocycles. The van der Waals surface area contributed by atoms with Crippen LogP contribution in [0, 0.1) is 6.92 Å². The summed E-state index contributed by atoms with van der Waals surface area (Å²) in [7, 11) is 1.39. The van der Waals surface area contributed by atoms with Gasteiger partial charge in [-0.25, -0.2) is 9.78 Å². The lowest BCUT2D eigenvalue weighted by atomic mass is 10.4. The molecule has 0 saturated carbocycles. The average molecular weight is 358 g/mol. The third kappa shape index (κ3) is 3.81. The van der Waals surface area contributed by atoms with Crippen molar-refractivity contribution in [3.63, 3.8) is 0 Å². The fourth-order valence-corrected chi connectivity index (χ4v) is 3.61. The van der Waals surface area contributed by atoms with Gasteiger partial charge < -0.3 is 4.74 Å². The highest BCUT2D eigenvalue weighted by molar-refractivity contribution is 9.10. The molecule has 3 nitrogen and oxygen atoms in total. The summed E-state index contributed by atoms with van der Waals surface area (Å²) in [6, 6.07) is 8.12. The normalized spacial score (nSPS) is 10.5. The van der Waals surface area contributed by atoms with Crippen molar-refractivity contribution in [1.29, 1.82) is 0 Å². The van der Waals surface area contributed by atoms with E-state index in [1.54, 1.807) is 11.8 Å². The van der Waals surface area contributed by atoms with Crippen LogP contribution in [0.4, 0.5) is 0 Å². The molecular formula is C13H12BrNO2S2. The van der Waals surface area contributed by atoms with E-state index in [2.05, 4.69) is 33.0 Å². The first-order valence-corrected chi connectivity index (χ1v) is 8.12. The molecule has 100 valence electrons. The topological polar surface area (TPSA) is 39.2 Å². The summed E-state index contributed by atoms with van der Waals surface area (Å²) in [6.07, 6.45) is 0. The monoisotopic (exact) mass is 357 g/mol. The number of aromatic nitrogens is 1. The number of carbonyl (C=O) groups excluding carboxylic acids is 1. The molecule has 0 bridgehead atoms. The van der Waals surface area contributed by atoms with Gasteiger partial charge in [0.05, 0.1) is 18.6 Å². The van der Waals surface area contributed by atoms with Crippen LogP contribution in [0.15, 0.2) is 33.6 Å². The lowest BCUT2D eigenvalue weighted by Crippen LogP contribution is -1.99. The minimum absolute atomic E-state index is 0.310. The molecular weight excluding hydrogens is 346 g/mol. The van der Waals surface area contributed by atoms with E-state index in [1.165, 1.54) is 23.3 Å². The van der Waals surface area contributed by atoms with Crippen molar-refractivity contribution in [3.8, 4) is 0 Å². The number of ether oxygens (including phenoxy) is 1. The van der Waals surface area contributed by atoms with Gasteiger partial charge in [-0.3, -0.25) is 0 Å². The zero-order chi connectivity index (χ0) is 13.8. The highest BCUT2D eigenvalue weighted by Gasteiger charge is 2.15. The Bertz CT molecular complexity index is 581. The predicted octanol–water partition coefficient (Wildman–Crippen LogP) is 4.29. The highest BCUT2D eigenvalue weighted by atomic mass is 79.9. The first-order valence-electron chi connectivity index (χ1n) is 5.53. The van der Waals surface area contributed by atoms with Gasteiger partial charge in [-0.2, -0.15) is 0 Å².